The average molecular weight is 373 g/mol. The highest BCUT2D eigenvalue weighted by atomic mass is 35.5. The molecular weight excluding hydrogens is 356 g/mol. The molecule has 0 fully saturated rings. The third-order valence-electron chi connectivity index (χ3n) is 4.57. The maximum atomic E-state index is 13.1. The van der Waals surface area contributed by atoms with E-state index in [0.29, 0.717) is 48.1 Å². The van der Waals surface area contributed by atoms with Crippen molar-refractivity contribution in [2.24, 2.45) is 5.73 Å². The topological polar surface area (TPSA) is 98.5 Å². The normalized spacial score (nSPS) is 14.3. The van der Waals surface area contributed by atoms with Crippen LogP contribution in [0, 0.1) is 6.92 Å². The molecule has 1 aliphatic heterocycles. The summed E-state index contributed by atoms with van der Waals surface area (Å²) < 4.78 is 3.61. The first-order valence-corrected chi connectivity index (χ1v) is 8.61. The van der Waals surface area contributed by atoms with Gasteiger partial charge in [0.15, 0.2) is 0 Å². The summed E-state index contributed by atoms with van der Waals surface area (Å²) in [6, 6.07) is 3.54. The number of amides is 2. The maximum Gasteiger partial charge on any atom is 0.272 e. The van der Waals surface area contributed by atoms with E-state index in [4.69, 9.17) is 17.3 Å². The van der Waals surface area contributed by atoms with Gasteiger partial charge in [-0.15, -0.1) is 0 Å². The molecule has 4 heterocycles. The van der Waals surface area contributed by atoms with Gasteiger partial charge in [0, 0.05) is 38.4 Å². The Morgan fingerprint density at radius 3 is 2.73 bits per heavy atom. The van der Waals surface area contributed by atoms with Gasteiger partial charge in [0.1, 0.15) is 22.9 Å². The van der Waals surface area contributed by atoms with Crippen LogP contribution in [0.1, 0.15) is 32.5 Å². The quantitative estimate of drug-likeness (QED) is 0.732. The molecule has 0 radical (unpaired) electrons. The lowest BCUT2D eigenvalue weighted by atomic mass is 10.2. The fraction of sp³-hybridized carbons (Fsp3) is 0.294. The highest BCUT2D eigenvalue weighted by Gasteiger charge is 2.25. The highest BCUT2D eigenvalue weighted by Crippen LogP contribution is 2.19. The number of carbonyl (C=O) groups excluding carboxylic acids is 2. The summed E-state index contributed by atoms with van der Waals surface area (Å²) in [6.07, 6.45) is 3.90. The van der Waals surface area contributed by atoms with E-state index in [-0.39, 0.29) is 11.6 Å². The van der Waals surface area contributed by atoms with Crippen LogP contribution in [0.4, 0.5) is 0 Å². The minimum atomic E-state index is -0.545. The molecular formula is C17H17ClN6O2. The second kappa shape index (κ2) is 6.14. The summed E-state index contributed by atoms with van der Waals surface area (Å²) >= 11 is 6.08. The molecule has 0 saturated heterocycles. The first-order valence-electron chi connectivity index (χ1n) is 8.23. The van der Waals surface area contributed by atoms with Crippen molar-refractivity contribution in [1.82, 2.24) is 23.8 Å². The maximum absolute atomic E-state index is 13.1. The third kappa shape index (κ3) is 2.72. The predicted octanol–water partition coefficient (Wildman–Crippen LogP) is 1.29. The SMILES string of the molecule is Cc1nc2ccc(Cl)cn2c1C(=O)N1CCc2nc(C(N)=O)cn2CC1. The molecule has 0 saturated carbocycles. The van der Waals surface area contributed by atoms with Gasteiger partial charge in [-0.3, -0.25) is 14.0 Å². The van der Waals surface area contributed by atoms with Gasteiger partial charge in [0.25, 0.3) is 11.8 Å². The van der Waals surface area contributed by atoms with Crippen molar-refractivity contribution in [2.75, 3.05) is 13.1 Å². The van der Waals surface area contributed by atoms with Crippen LogP contribution >= 0.6 is 11.6 Å². The van der Waals surface area contributed by atoms with E-state index in [2.05, 4.69) is 9.97 Å². The van der Waals surface area contributed by atoms with Gasteiger partial charge in [-0.1, -0.05) is 11.6 Å². The molecule has 3 aromatic rings. The number of halogens is 1. The number of imidazole rings is 2. The largest absolute Gasteiger partial charge is 0.364 e. The van der Waals surface area contributed by atoms with Crippen LogP contribution in [0.15, 0.2) is 24.5 Å². The van der Waals surface area contributed by atoms with E-state index >= 15 is 0 Å². The van der Waals surface area contributed by atoms with Gasteiger partial charge >= 0.3 is 0 Å². The monoisotopic (exact) mass is 372 g/mol. The number of carbonyl (C=O) groups is 2. The Hall–Kier alpha value is -2.87. The van der Waals surface area contributed by atoms with E-state index in [1.54, 1.807) is 33.8 Å². The molecule has 9 heteroatoms. The lowest BCUT2D eigenvalue weighted by Gasteiger charge is -2.20. The first kappa shape index (κ1) is 16.6. The van der Waals surface area contributed by atoms with Crippen LogP contribution in [0.25, 0.3) is 5.65 Å². The van der Waals surface area contributed by atoms with E-state index in [9.17, 15) is 9.59 Å². The molecule has 0 bridgehead atoms. The molecule has 4 rings (SSSR count). The van der Waals surface area contributed by atoms with Crippen LogP contribution in [0.5, 0.6) is 0 Å². The Morgan fingerprint density at radius 2 is 1.96 bits per heavy atom. The van der Waals surface area contributed by atoms with Gasteiger partial charge < -0.3 is 15.2 Å². The van der Waals surface area contributed by atoms with E-state index in [1.807, 2.05) is 11.5 Å². The second-order valence-electron chi connectivity index (χ2n) is 6.26. The van der Waals surface area contributed by atoms with Crippen LogP contribution in [0.2, 0.25) is 5.02 Å². The minimum Gasteiger partial charge on any atom is -0.364 e. The number of hydrogen-bond acceptors (Lipinski definition) is 4. The summed E-state index contributed by atoms with van der Waals surface area (Å²) in [5.41, 5.74) is 7.40. The third-order valence-corrected chi connectivity index (χ3v) is 4.80. The molecule has 0 spiro atoms. The van der Waals surface area contributed by atoms with Gasteiger partial charge in [-0.2, -0.15) is 0 Å². The number of aromatic nitrogens is 4. The van der Waals surface area contributed by atoms with Gasteiger partial charge in [-0.05, 0) is 19.1 Å². The Bertz CT molecular complexity index is 1010. The van der Waals surface area contributed by atoms with E-state index < -0.39 is 5.91 Å². The Morgan fingerprint density at radius 1 is 1.15 bits per heavy atom. The molecule has 26 heavy (non-hydrogen) atoms. The number of primary amides is 1. The highest BCUT2D eigenvalue weighted by molar-refractivity contribution is 6.30. The molecule has 3 aromatic heterocycles. The zero-order valence-corrected chi connectivity index (χ0v) is 14.9. The fourth-order valence-corrected chi connectivity index (χ4v) is 3.45. The fourth-order valence-electron chi connectivity index (χ4n) is 3.29. The van der Waals surface area contributed by atoms with Crippen LogP contribution in [0.3, 0.4) is 0 Å². The van der Waals surface area contributed by atoms with Crippen molar-refractivity contribution >= 4 is 29.1 Å². The summed E-state index contributed by atoms with van der Waals surface area (Å²) in [7, 11) is 0. The number of pyridine rings is 1. The van der Waals surface area contributed by atoms with Crippen LogP contribution in [-0.2, 0) is 13.0 Å². The number of fused-ring (bicyclic) bond motifs is 2. The van der Waals surface area contributed by atoms with Crippen molar-refractivity contribution in [3.8, 4) is 0 Å². The molecule has 134 valence electrons. The smallest absolute Gasteiger partial charge is 0.272 e. The van der Waals surface area contributed by atoms with Gasteiger partial charge in [0.05, 0.1) is 10.7 Å². The second-order valence-corrected chi connectivity index (χ2v) is 6.70. The van der Waals surface area contributed by atoms with Gasteiger partial charge in [0.2, 0.25) is 0 Å². The number of rotatable bonds is 2. The molecule has 0 aromatic carbocycles. The van der Waals surface area contributed by atoms with Crippen molar-refractivity contribution in [3.05, 3.63) is 52.5 Å². The summed E-state index contributed by atoms with van der Waals surface area (Å²) in [6.45, 7) is 3.38. The average Bonchev–Trinajstić information content (AvgIpc) is 3.08. The van der Waals surface area contributed by atoms with Crippen molar-refractivity contribution in [2.45, 2.75) is 19.9 Å². The molecule has 0 atom stereocenters. The van der Waals surface area contributed by atoms with Gasteiger partial charge in [-0.25, -0.2) is 9.97 Å². The summed E-state index contributed by atoms with van der Waals surface area (Å²) in [5, 5.41) is 0.541. The number of aryl methyl sites for hydroxylation is 1. The Kier molecular flexibility index (Phi) is 3.91. The predicted molar refractivity (Wildman–Crippen MR) is 95.3 cm³/mol. The zero-order valence-electron chi connectivity index (χ0n) is 14.1. The summed E-state index contributed by atoms with van der Waals surface area (Å²) in [4.78, 5) is 34.9. The Labute approximate surface area is 154 Å². The number of nitrogens with two attached hydrogens (primary N) is 1. The lowest BCUT2D eigenvalue weighted by molar-refractivity contribution is 0.0750. The molecule has 0 unspecified atom stereocenters. The Balaban J connectivity index is 1.62. The first-order chi connectivity index (χ1) is 12.4. The number of hydrogen-bond donors (Lipinski definition) is 1. The van der Waals surface area contributed by atoms with Crippen molar-refractivity contribution in [1.29, 1.82) is 0 Å². The molecule has 8 nitrogen and oxygen atoms in total. The molecule has 2 N–H and O–H groups in total. The van der Waals surface area contributed by atoms with E-state index in [1.165, 1.54) is 0 Å². The van der Waals surface area contributed by atoms with Crippen LogP contribution < -0.4 is 5.73 Å². The van der Waals surface area contributed by atoms with E-state index in [0.717, 1.165) is 5.82 Å². The molecule has 0 aliphatic carbocycles. The van der Waals surface area contributed by atoms with Crippen molar-refractivity contribution in [3.63, 3.8) is 0 Å². The lowest BCUT2D eigenvalue weighted by Crippen LogP contribution is -2.34. The minimum absolute atomic E-state index is 0.0989. The zero-order chi connectivity index (χ0) is 18.4. The standard InChI is InChI=1S/C17H17ClN6O2/c1-10-15(24-8-11(18)2-3-14(24)20-10)17(26)22-5-4-13-21-12(16(19)25)9-23(13)7-6-22/h2-3,8-9H,4-7H2,1H3,(H2,19,25). The van der Waals surface area contributed by atoms with Crippen LogP contribution in [-0.4, -0.2) is 48.7 Å². The summed E-state index contributed by atoms with van der Waals surface area (Å²) in [5.74, 6) is 0.113. The molecule has 1 aliphatic rings. The number of nitrogens with zero attached hydrogens (tertiary/aromatic N) is 5. The molecule has 2 amide bonds. The van der Waals surface area contributed by atoms with Crippen molar-refractivity contribution < 1.29 is 9.59 Å².